The molecule has 3 atom stereocenters. The van der Waals surface area contributed by atoms with Gasteiger partial charge in [-0.05, 0) is 18.7 Å². The van der Waals surface area contributed by atoms with Crippen molar-refractivity contribution in [3.63, 3.8) is 0 Å². The summed E-state index contributed by atoms with van der Waals surface area (Å²) in [7, 11) is 0. The molecule has 2 aliphatic rings. The number of nitriles is 1. The van der Waals surface area contributed by atoms with E-state index in [-0.39, 0.29) is 18.9 Å². The fraction of sp³-hybridized carbons (Fsp3) is 0.875. The lowest BCUT2D eigenvalue weighted by atomic mass is 9.49. The third-order valence-corrected chi connectivity index (χ3v) is 3.07. The first-order valence-corrected chi connectivity index (χ1v) is 4.58. The van der Waals surface area contributed by atoms with Crippen LogP contribution in [-0.4, -0.2) is 25.5 Å². The number of hydrogen-bond donors (Lipinski definition) is 1. The highest BCUT2D eigenvalue weighted by atomic mass is 16.5. The van der Waals surface area contributed by atoms with Crippen molar-refractivity contribution in [2.45, 2.75) is 31.2 Å². The van der Waals surface area contributed by atoms with Crippen LogP contribution < -0.4 is 5.73 Å². The van der Waals surface area contributed by atoms with Gasteiger partial charge >= 0.3 is 0 Å². The zero-order valence-corrected chi connectivity index (χ0v) is 7.07. The number of nitrogens with zero attached hydrogens (tertiary/aromatic N) is 1. The molecule has 2 rings (SSSR count). The Hall–Kier alpha value is -0.525. The van der Waals surface area contributed by atoms with Crippen LogP contribution in [0.25, 0.3) is 0 Å². The number of nitrogens with two attached hydrogens (primary N) is 1. The average Bonchev–Trinajstić information content (AvgIpc) is 2.49. The molecular weight excluding hydrogens is 151 g/mol. The van der Waals surface area contributed by atoms with Crippen molar-refractivity contribution in [3.8, 4) is 5.97 Å². The SMILES string of the molecule is N#CB1CC2OCCC(N)C2C1. The molecule has 2 N–H and O–H groups in total. The molecule has 2 saturated heterocycles. The average molecular weight is 164 g/mol. The Balaban J connectivity index is 2.05. The minimum Gasteiger partial charge on any atom is -0.379 e. The van der Waals surface area contributed by atoms with E-state index in [0.29, 0.717) is 5.92 Å². The third kappa shape index (κ3) is 1.23. The summed E-state index contributed by atoms with van der Waals surface area (Å²) in [6.45, 7) is 0.963. The van der Waals surface area contributed by atoms with Gasteiger partial charge in [0, 0.05) is 18.6 Å². The smallest absolute Gasteiger partial charge is 0.270 e. The molecule has 0 amide bonds. The molecule has 0 radical (unpaired) electrons. The molecule has 0 aromatic heterocycles. The number of fused-ring (bicyclic) bond motifs is 1. The summed E-state index contributed by atoms with van der Waals surface area (Å²) >= 11 is 0. The van der Waals surface area contributed by atoms with Gasteiger partial charge in [0.05, 0.1) is 6.10 Å². The largest absolute Gasteiger partial charge is 0.379 e. The Morgan fingerprint density at radius 3 is 3.00 bits per heavy atom. The highest BCUT2D eigenvalue weighted by molar-refractivity contribution is 6.67. The fourth-order valence-electron chi connectivity index (χ4n) is 2.35. The van der Waals surface area contributed by atoms with Crippen LogP contribution in [0.4, 0.5) is 0 Å². The second-order valence-electron chi connectivity index (χ2n) is 3.82. The maximum atomic E-state index is 8.75. The second kappa shape index (κ2) is 3.08. The lowest BCUT2D eigenvalue weighted by Crippen LogP contribution is -2.41. The van der Waals surface area contributed by atoms with Crippen molar-refractivity contribution in [2.24, 2.45) is 11.7 Å². The Labute approximate surface area is 73.0 Å². The minimum absolute atomic E-state index is 0.184. The number of rotatable bonds is 0. The molecule has 2 aliphatic heterocycles. The van der Waals surface area contributed by atoms with Gasteiger partial charge in [-0.3, -0.25) is 0 Å². The Morgan fingerprint density at radius 2 is 2.33 bits per heavy atom. The molecule has 0 aliphatic carbocycles. The molecular formula is C8H13BN2O. The predicted octanol–water partition coefficient (Wildman–Crippen LogP) is 0.290. The molecule has 12 heavy (non-hydrogen) atoms. The maximum Gasteiger partial charge on any atom is 0.270 e. The first-order chi connectivity index (χ1) is 5.81. The van der Waals surface area contributed by atoms with Gasteiger partial charge in [-0.2, -0.15) is 0 Å². The summed E-state index contributed by atoms with van der Waals surface area (Å²) in [5.74, 6) is 2.75. The molecule has 0 spiro atoms. The van der Waals surface area contributed by atoms with Crippen LogP contribution in [0.15, 0.2) is 0 Å². The molecule has 3 unspecified atom stereocenters. The first kappa shape index (κ1) is 8.09. The first-order valence-electron chi connectivity index (χ1n) is 4.58. The van der Waals surface area contributed by atoms with Crippen LogP contribution in [0.2, 0.25) is 12.6 Å². The highest BCUT2D eigenvalue weighted by Gasteiger charge is 2.42. The van der Waals surface area contributed by atoms with Crippen molar-refractivity contribution in [1.82, 2.24) is 0 Å². The van der Waals surface area contributed by atoms with E-state index in [1.165, 1.54) is 0 Å². The molecule has 0 saturated carbocycles. The van der Waals surface area contributed by atoms with Crippen molar-refractivity contribution in [1.29, 1.82) is 5.26 Å². The quantitative estimate of drug-likeness (QED) is 0.523. The molecule has 4 heteroatoms. The minimum atomic E-state index is 0.184. The molecule has 0 aromatic carbocycles. The van der Waals surface area contributed by atoms with Gasteiger partial charge in [0.25, 0.3) is 6.71 Å². The molecule has 2 fully saturated rings. The molecule has 2 heterocycles. The zero-order chi connectivity index (χ0) is 8.55. The summed E-state index contributed by atoms with van der Waals surface area (Å²) < 4.78 is 5.57. The Bertz CT molecular complexity index is 216. The van der Waals surface area contributed by atoms with E-state index in [1.807, 2.05) is 0 Å². The normalized spacial score (nSPS) is 40.7. The second-order valence-corrected chi connectivity index (χ2v) is 3.82. The molecule has 0 aromatic rings. The summed E-state index contributed by atoms with van der Waals surface area (Å²) in [5, 5.41) is 8.75. The number of ether oxygens (including phenoxy) is 1. The standard InChI is InChI=1S/C8H13BN2O/c10-5-9-3-6-7(11)1-2-12-8(6)4-9/h6-8H,1-4,11H2. The van der Waals surface area contributed by atoms with Gasteiger partial charge in [0.2, 0.25) is 0 Å². The van der Waals surface area contributed by atoms with Crippen LogP contribution in [0.5, 0.6) is 0 Å². The van der Waals surface area contributed by atoms with Crippen molar-refractivity contribution in [2.75, 3.05) is 6.61 Å². The van der Waals surface area contributed by atoms with Gasteiger partial charge < -0.3 is 10.5 Å². The van der Waals surface area contributed by atoms with E-state index in [0.717, 1.165) is 25.7 Å². The van der Waals surface area contributed by atoms with Crippen LogP contribution in [-0.2, 0) is 4.74 Å². The van der Waals surface area contributed by atoms with Crippen LogP contribution in [0.3, 0.4) is 0 Å². The summed E-state index contributed by atoms with van der Waals surface area (Å²) in [5.41, 5.74) is 5.95. The fourth-order valence-corrected chi connectivity index (χ4v) is 2.35. The van der Waals surface area contributed by atoms with Gasteiger partial charge in [-0.25, -0.2) is 5.26 Å². The van der Waals surface area contributed by atoms with E-state index in [2.05, 4.69) is 5.97 Å². The van der Waals surface area contributed by atoms with Gasteiger partial charge in [0.15, 0.2) is 0 Å². The topological polar surface area (TPSA) is 59.0 Å². The Morgan fingerprint density at radius 1 is 1.50 bits per heavy atom. The van der Waals surface area contributed by atoms with Gasteiger partial charge in [-0.1, -0.05) is 6.32 Å². The highest BCUT2D eigenvalue weighted by Crippen LogP contribution is 2.35. The summed E-state index contributed by atoms with van der Waals surface area (Å²) in [6, 6.07) is 0.266. The van der Waals surface area contributed by atoms with E-state index in [9.17, 15) is 0 Å². The van der Waals surface area contributed by atoms with Crippen LogP contribution >= 0.6 is 0 Å². The lowest BCUT2D eigenvalue weighted by molar-refractivity contribution is -0.0107. The third-order valence-electron chi connectivity index (χ3n) is 3.07. The number of hydrogen-bond acceptors (Lipinski definition) is 3. The van der Waals surface area contributed by atoms with Crippen molar-refractivity contribution in [3.05, 3.63) is 0 Å². The van der Waals surface area contributed by atoms with Gasteiger partial charge in [-0.15, -0.1) is 0 Å². The van der Waals surface area contributed by atoms with Crippen molar-refractivity contribution >= 4 is 6.71 Å². The van der Waals surface area contributed by atoms with Crippen LogP contribution in [0, 0.1) is 17.1 Å². The maximum absolute atomic E-state index is 8.75. The zero-order valence-electron chi connectivity index (χ0n) is 7.07. The summed E-state index contributed by atoms with van der Waals surface area (Å²) in [6.07, 6.45) is 3.08. The van der Waals surface area contributed by atoms with Crippen LogP contribution in [0.1, 0.15) is 6.42 Å². The van der Waals surface area contributed by atoms with E-state index in [4.69, 9.17) is 15.7 Å². The monoisotopic (exact) mass is 164 g/mol. The van der Waals surface area contributed by atoms with Crippen molar-refractivity contribution < 1.29 is 4.74 Å². The predicted molar refractivity (Wildman–Crippen MR) is 46.8 cm³/mol. The lowest BCUT2D eigenvalue weighted by Gasteiger charge is -2.31. The Kier molecular flexibility index (Phi) is 2.08. The summed E-state index contributed by atoms with van der Waals surface area (Å²) in [4.78, 5) is 0. The molecule has 3 nitrogen and oxygen atoms in total. The van der Waals surface area contributed by atoms with E-state index >= 15 is 0 Å². The molecule has 64 valence electrons. The molecule has 0 bridgehead atoms. The van der Waals surface area contributed by atoms with E-state index in [1.54, 1.807) is 0 Å². The van der Waals surface area contributed by atoms with E-state index < -0.39 is 0 Å². The van der Waals surface area contributed by atoms with Gasteiger partial charge in [0.1, 0.15) is 0 Å².